The van der Waals surface area contributed by atoms with Gasteiger partial charge in [-0.05, 0) is 18.4 Å². The fourth-order valence-electron chi connectivity index (χ4n) is 2.72. The average molecular weight is 290 g/mol. The first-order chi connectivity index (χ1) is 9.70. The van der Waals surface area contributed by atoms with Crippen molar-refractivity contribution in [2.24, 2.45) is 5.73 Å². The van der Waals surface area contributed by atoms with Crippen LogP contribution in [0.25, 0.3) is 0 Å². The summed E-state index contributed by atoms with van der Waals surface area (Å²) in [5.74, 6) is -0.420. The van der Waals surface area contributed by atoms with Gasteiger partial charge in [0, 0.05) is 13.1 Å². The van der Waals surface area contributed by atoms with Crippen molar-refractivity contribution in [1.29, 1.82) is 0 Å². The van der Waals surface area contributed by atoms with Gasteiger partial charge in [-0.25, -0.2) is 0 Å². The molecule has 20 heavy (non-hydrogen) atoms. The monoisotopic (exact) mass is 290 g/mol. The van der Waals surface area contributed by atoms with E-state index in [1.807, 2.05) is 35.2 Å². The van der Waals surface area contributed by atoms with Gasteiger partial charge in [-0.3, -0.25) is 4.79 Å². The van der Waals surface area contributed by atoms with Crippen LogP contribution in [0, 0.1) is 0 Å². The van der Waals surface area contributed by atoms with Crippen molar-refractivity contribution in [2.45, 2.75) is 38.0 Å². The second-order valence-electron chi connectivity index (χ2n) is 5.34. The number of amides is 1. The van der Waals surface area contributed by atoms with Crippen LogP contribution in [0.3, 0.4) is 0 Å². The van der Waals surface area contributed by atoms with Gasteiger partial charge >= 0.3 is 0 Å². The van der Waals surface area contributed by atoms with Gasteiger partial charge in [0.15, 0.2) is 0 Å². The molecular weight excluding hydrogens is 268 g/mol. The molecule has 4 heteroatoms. The van der Waals surface area contributed by atoms with E-state index in [0.29, 0.717) is 0 Å². The summed E-state index contributed by atoms with van der Waals surface area (Å²) in [4.78, 5) is 15.0. The van der Waals surface area contributed by atoms with E-state index in [1.54, 1.807) is 0 Å². The Bertz CT molecular complexity index is 453. The predicted molar refractivity (Wildman–Crippen MR) is 85.6 cm³/mol. The van der Waals surface area contributed by atoms with Gasteiger partial charge in [0.2, 0.25) is 5.91 Å². The molecule has 1 saturated heterocycles. The number of carbonyl (C=O) groups excluding carboxylic acids is 1. The molecular formula is C16H22N2OS. The third-order valence-electron chi connectivity index (χ3n) is 3.83. The number of likely N-dealkylation sites (tertiary alicyclic amines) is 1. The zero-order valence-corrected chi connectivity index (χ0v) is 12.6. The van der Waals surface area contributed by atoms with Gasteiger partial charge in [0.1, 0.15) is 5.92 Å². The van der Waals surface area contributed by atoms with Crippen molar-refractivity contribution in [3.63, 3.8) is 0 Å². The van der Waals surface area contributed by atoms with Crippen LogP contribution in [0.1, 0.15) is 43.6 Å². The maximum atomic E-state index is 12.8. The molecule has 1 heterocycles. The normalized spacial score (nSPS) is 17.9. The topological polar surface area (TPSA) is 46.3 Å². The maximum absolute atomic E-state index is 12.8. The van der Waals surface area contributed by atoms with E-state index in [4.69, 9.17) is 18.0 Å². The first-order valence-corrected chi connectivity index (χ1v) is 7.74. The number of carbonyl (C=O) groups is 1. The summed E-state index contributed by atoms with van der Waals surface area (Å²) in [6.45, 7) is 1.65. The predicted octanol–water partition coefficient (Wildman–Crippen LogP) is 2.85. The van der Waals surface area contributed by atoms with Crippen molar-refractivity contribution in [3.8, 4) is 0 Å². The Balaban J connectivity index is 2.16. The molecule has 1 aliphatic rings. The molecule has 1 fully saturated rings. The summed E-state index contributed by atoms with van der Waals surface area (Å²) in [6.07, 6.45) is 5.83. The second kappa shape index (κ2) is 7.39. The summed E-state index contributed by atoms with van der Waals surface area (Å²) in [6, 6.07) is 9.61. The molecule has 1 atom stereocenters. The van der Waals surface area contributed by atoms with Crippen LogP contribution in [0.4, 0.5) is 0 Å². The highest BCUT2D eigenvalue weighted by Crippen LogP contribution is 2.21. The number of benzene rings is 1. The van der Waals surface area contributed by atoms with Crippen molar-refractivity contribution in [1.82, 2.24) is 4.90 Å². The van der Waals surface area contributed by atoms with Crippen LogP contribution < -0.4 is 5.73 Å². The molecule has 1 aromatic carbocycles. The fourth-order valence-corrected chi connectivity index (χ4v) is 2.96. The summed E-state index contributed by atoms with van der Waals surface area (Å²) >= 11 is 5.14. The lowest BCUT2D eigenvalue weighted by molar-refractivity contribution is -0.131. The van der Waals surface area contributed by atoms with Crippen molar-refractivity contribution < 1.29 is 4.79 Å². The van der Waals surface area contributed by atoms with Gasteiger partial charge in [-0.1, -0.05) is 61.8 Å². The Morgan fingerprint density at radius 2 is 1.60 bits per heavy atom. The number of hydrogen-bond donors (Lipinski definition) is 1. The van der Waals surface area contributed by atoms with Gasteiger partial charge in [-0.15, -0.1) is 0 Å². The Kier molecular flexibility index (Phi) is 5.53. The summed E-state index contributed by atoms with van der Waals surface area (Å²) in [7, 11) is 0. The standard InChI is InChI=1S/C16H22N2OS/c17-15(20)14(13-9-5-4-6-10-13)16(19)18-11-7-2-1-3-8-12-18/h4-6,9-10,14H,1-3,7-8,11-12H2,(H2,17,20). The van der Waals surface area contributed by atoms with Gasteiger partial charge < -0.3 is 10.6 Å². The minimum atomic E-state index is -0.481. The first-order valence-electron chi connectivity index (χ1n) is 7.33. The van der Waals surface area contributed by atoms with Crippen molar-refractivity contribution in [3.05, 3.63) is 35.9 Å². The molecule has 0 radical (unpaired) electrons. The Labute approximate surface area is 126 Å². The number of rotatable bonds is 3. The zero-order chi connectivity index (χ0) is 14.4. The number of nitrogens with zero attached hydrogens (tertiary/aromatic N) is 1. The average Bonchev–Trinajstić information content (AvgIpc) is 2.39. The lowest BCUT2D eigenvalue weighted by Gasteiger charge is -2.28. The fraction of sp³-hybridized carbons (Fsp3) is 0.500. The van der Waals surface area contributed by atoms with E-state index >= 15 is 0 Å². The summed E-state index contributed by atoms with van der Waals surface area (Å²) < 4.78 is 0. The Morgan fingerprint density at radius 3 is 2.15 bits per heavy atom. The molecule has 1 unspecified atom stereocenters. The third kappa shape index (κ3) is 3.79. The van der Waals surface area contributed by atoms with Crippen LogP contribution in [-0.4, -0.2) is 28.9 Å². The quantitative estimate of drug-likeness (QED) is 0.871. The molecule has 108 valence electrons. The van der Waals surface area contributed by atoms with Crippen LogP contribution in [0.2, 0.25) is 0 Å². The number of hydrogen-bond acceptors (Lipinski definition) is 2. The Morgan fingerprint density at radius 1 is 1.05 bits per heavy atom. The molecule has 0 saturated carbocycles. The van der Waals surface area contributed by atoms with Gasteiger partial charge in [-0.2, -0.15) is 0 Å². The van der Waals surface area contributed by atoms with Crippen molar-refractivity contribution >= 4 is 23.1 Å². The van der Waals surface area contributed by atoms with E-state index in [2.05, 4.69) is 0 Å². The molecule has 1 aromatic rings. The number of thiocarbonyl (C=S) groups is 1. The molecule has 0 bridgehead atoms. The van der Waals surface area contributed by atoms with Gasteiger partial charge in [0.25, 0.3) is 0 Å². The maximum Gasteiger partial charge on any atom is 0.236 e. The minimum Gasteiger partial charge on any atom is -0.392 e. The number of nitrogens with two attached hydrogens (primary N) is 1. The summed E-state index contributed by atoms with van der Waals surface area (Å²) in [5, 5.41) is 0. The van der Waals surface area contributed by atoms with Crippen molar-refractivity contribution in [2.75, 3.05) is 13.1 Å². The van der Waals surface area contributed by atoms with Crippen LogP contribution >= 0.6 is 12.2 Å². The minimum absolute atomic E-state index is 0.0607. The smallest absolute Gasteiger partial charge is 0.236 e. The summed E-state index contributed by atoms with van der Waals surface area (Å²) in [5.41, 5.74) is 6.73. The van der Waals surface area contributed by atoms with E-state index in [9.17, 15) is 4.79 Å². The molecule has 1 aliphatic heterocycles. The van der Waals surface area contributed by atoms with E-state index < -0.39 is 5.92 Å². The Hall–Kier alpha value is -1.42. The molecule has 0 aliphatic carbocycles. The van der Waals surface area contributed by atoms with Crippen LogP contribution in [-0.2, 0) is 4.79 Å². The third-order valence-corrected chi connectivity index (χ3v) is 4.07. The van der Waals surface area contributed by atoms with Crippen LogP contribution in [0.15, 0.2) is 30.3 Å². The second-order valence-corrected chi connectivity index (χ2v) is 5.81. The highest BCUT2D eigenvalue weighted by molar-refractivity contribution is 7.80. The molecule has 0 spiro atoms. The van der Waals surface area contributed by atoms with E-state index in [1.165, 1.54) is 19.3 Å². The lowest BCUT2D eigenvalue weighted by atomic mass is 9.96. The molecule has 3 nitrogen and oxygen atoms in total. The van der Waals surface area contributed by atoms with E-state index in [-0.39, 0.29) is 10.9 Å². The lowest BCUT2D eigenvalue weighted by Crippen LogP contribution is -2.41. The van der Waals surface area contributed by atoms with Crippen LogP contribution in [0.5, 0.6) is 0 Å². The first kappa shape index (κ1) is 15.0. The molecule has 2 N–H and O–H groups in total. The van der Waals surface area contributed by atoms with Gasteiger partial charge in [0.05, 0.1) is 4.99 Å². The SMILES string of the molecule is NC(=S)C(C(=O)N1CCCCCCC1)c1ccccc1. The zero-order valence-electron chi connectivity index (χ0n) is 11.8. The molecule has 2 rings (SSSR count). The van der Waals surface area contributed by atoms with E-state index in [0.717, 1.165) is 31.5 Å². The highest BCUT2D eigenvalue weighted by atomic mass is 32.1. The largest absolute Gasteiger partial charge is 0.392 e. The molecule has 1 amide bonds. The molecule has 0 aromatic heterocycles. The highest BCUT2D eigenvalue weighted by Gasteiger charge is 2.28.